The fourth-order valence-electron chi connectivity index (χ4n) is 3.02. The summed E-state index contributed by atoms with van der Waals surface area (Å²) in [5.41, 5.74) is 4.12. The SMILES string of the molecule is O=C(N/N=C/c1ccc(-c2ccccc2F)o1)[C@@H]1C[C@H]1c1ccccc1. The van der Waals surface area contributed by atoms with E-state index in [-0.39, 0.29) is 23.6 Å². The smallest absolute Gasteiger partial charge is 0.243 e. The summed E-state index contributed by atoms with van der Waals surface area (Å²) < 4.78 is 19.3. The molecule has 0 radical (unpaired) electrons. The first-order chi connectivity index (χ1) is 12.7. The third-order valence-electron chi connectivity index (χ3n) is 4.49. The molecule has 0 spiro atoms. The van der Waals surface area contributed by atoms with Gasteiger partial charge in [0, 0.05) is 5.92 Å². The monoisotopic (exact) mass is 348 g/mol. The average Bonchev–Trinajstić information content (AvgIpc) is 3.35. The number of hydrogen-bond donors (Lipinski definition) is 1. The molecule has 5 heteroatoms. The van der Waals surface area contributed by atoms with E-state index in [9.17, 15) is 9.18 Å². The first-order valence-electron chi connectivity index (χ1n) is 8.45. The summed E-state index contributed by atoms with van der Waals surface area (Å²) in [5.74, 6) is 0.638. The standard InChI is InChI=1S/C21H17FN2O2/c22-19-9-5-4-8-16(19)20-11-10-15(26-20)13-23-24-21(25)18-12-17(18)14-6-2-1-3-7-14/h1-11,13,17-18H,12H2,(H,24,25)/b23-13+/t17-,18+/m0/s1. The molecule has 0 unspecified atom stereocenters. The van der Waals surface area contributed by atoms with E-state index in [1.165, 1.54) is 17.8 Å². The molecule has 4 rings (SSSR count). The molecule has 1 aromatic heterocycles. The number of carbonyl (C=O) groups is 1. The van der Waals surface area contributed by atoms with Crippen LogP contribution < -0.4 is 5.43 Å². The van der Waals surface area contributed by atoms with Crippen LogP contribution in [0.5, 0.6) is 0 Å². The Labute approximate surface area is 150 Å². The molecule has 1 aliphatic rings. The number of amides is 1. The quantitative estimate of drug-likeness (QED) is 0.551. The summed E-state index contributed by atoms with van der Waals surface area (Å²) in [6, 6.07) is 19.7. The lowest BCUT2D eigenvalue weighted by molar-refractivity contribution is -0.122. The molecule has 4 nitrogen and oxygen atoms in total. The van der Waals surface area contributed by atoms with Gasteiger partial charge in [0.15, 0.2) is 0 Å². The number of nitrogens with zero attached hydrogens (tertiary/aromatic N) is 1. The molecule has 0 saturated heterocycles. The first kappa shape index (κ1) is 16.3. The van der Waals surface area contributed by atoms with E-state index in [0.29, 0.717) is 17.1 Å². The molecule has 2 aromatic carbocycles. The van der Waals surface area contributed by atoms with Gasteiger partial charge in [-0.15, -0.1) is 0 Å². The van der Waals surface area contributed by atoms with Gasteiger partial charge in [0.2, 0.25) is 5.91 Å². The van der Waals surface area contributed by atoms with Crippen LogP contribution in [0.2, 0.25) is 0 Å². The average molecular weight is 348 g/mol. The van der Waals surface area contributed by atoms with Crippen molar-refractivity contribution in [3.63, 3.8) is 0 Å². The minimum Gasteiger partial charge on any atom is -0.455 e. The zero-order valence-corrected chi connectivity index (χ0v) is 13.9. The van der Waals surface area contributed by atoms with Gasteiger partial charge in [-0.25, -0.2) is 9.82 Å². The van der Waals surface area contributed by atoms with Gasteiger partial charge in [-0.05, 0) is 42.2 Å². The van der Waals surface area contributed by atoms with Crippen LogP contribution in [0, 0.1) is 11.7 Å². The molecule has 0 aliphatic heterocycles. The molecule has 1 saturated carbocycles. The van der Waals surface area contributed by atoms with Crippen LogP contribution in [0.15, 0.2) is 76.2 Å². The molecule has 3 aromatic rings. The second-order valence-corrected chi connectivity index (χ2v) is 6.28. The molecule has 1 fully saturated rings. The number of halogens is 1. The van der Waals surface area contributed by atoms with Crippen LogP contribution in [0.1, 0.15) is 23.7 Å². The topological polar surface area (TPSA) is 54.6 Å². The number of furan rings is 1. The summed E-state index contributed by atoms with van der Waals surface area (Å²) in [4.78, 5) is 12.1. The highest BCUT2D eigenvalue weighted by atomic mass is 19.1. The van der Waals surface area contributed by atoms with E-state index in [1.54, 1.807) is 30.3 Å². The second kappa shape index (κ2) is 6.96. The van der Waals surface area contributed by atoms with E-state index < -0.39 is 0 Å². The van der Waals surface area contributed by atoms with E-state index >= 15 is 0 Å². The van der Waals surface area contributed by atoms with Crippen molar-refractivity contribution in [3.05, 3.63) is 83.9 Å². The molecule has 1 amide bonds. The summed E-state index contributed by atoms with van der Waals surface area (Å²) in [5, 5.41) is 3.95. The predicted octanol–water partition coefficient (Wildman–Crippen LogP) is 4.34. The highest BCUT2D eigenvalue weighted by molar-refractivity contribution is 5.85. The predicted molar refractivity (Wildman–Crippen MR) is 97.1 cm³/mol. The maximum atomic E-state index is 13.8. The van der Waals surface area contributed by atoms with Gasteiger partial charge in [0.1, 0.15) is 17.3 Å². The summed E-state index contributed by atoms with van der Waals surface area (Å²) in [6.07, 6.45) is 2.26. The van der Waals surface area contributed by atoms with Gasteiger partial charge in [0.25, 0.3) is 0 Å². The van der Waals surface area contributed by atoms with Crippen molar-refractivity contribution < 1.29 is 13.6 Å². The molecular formula is C21H17FN2O2. The number of benzene rings is 2. The minimum absolute atomic E-state index is 0.0415. The second-order valence-electron chi connectivity index (χ2n) is 6.28. The van der Waals surface area contributed by atoms with Crippen molar-refractivity contribution in [2.45, 2.75) is 12.3 Å². The van der Waals surface area contributed by atoms with Gasteiger partial charge in [-0.1, -0.05) is 42.5 Å². The molecule has 26 heavy (non-hydrogen) atoms. The third-order valence-corrected chi connectivity index (χ3v) is 4.49. The molecule has 1 aliphatic carbocycles. The van der Waals surface area contributed by atoms with Crippen molar-refractivity contribution in [1.29, 1.82) is 0 Å². The van der Waals surface area contributed by atoms with Gasteiger partial charge in [0.05, 0.1) is 11.8 Å². The number of nitrogens with one attached hydrogen (secondary N) is 1. The first-order valence-corrected chi connectivity index (χ1v) is 8.45. The van der Waals surface area contributed by atoms with E-state index in [0.717, 1.165) is 6.42 Å². The van der Waals surface area contributed by atoms with Crippen LogP contribution in [0.25, 0.3) is 11.3 Å². The fraction of sp³-hybridized carbons (Fsp3) is 0.143. The molecule has 1 N–H and O–H groups in total. The Morgan fingerprint density at radius 2 is 1.85 bits per heavy atom. The van der Waals surface area contributed by atoms with Crippen molar-refractivity contribution in [3.8, 4) is 11.3 Å². The lowest BCUT2D eigenvalue weighted by Crippen LogP contribution is -2.20. The Kier molecular flexibility index (Phi) is 4.35. The number of hydrazone groups is 1. The van der Waals surface area contributed by atoms with E-state index in [4.69, 9.17) is 4.42 Å². The van der Waals surface area contributed by atoms with E-state index in [2.05, 4.69) is 10.5 Å². The normalized spacial score (nSPS) is 18.8. The van der Waals surface area contributed by atoms with Crippen LogP contribution in [-0.2, 0) is 4.79 Å². The molecular weight excluding hydrogens is 331 g/mol. The molecule has 2 atom stereocenters. The van der Waals surface area contributed by atoms with Crippen molar-refractivity contribution in [2.75, 3.05) is 0 Å². The summed E-state index contributed by atoms with van der Waals surface area (Å²) >= 11 is 0. The number of hydrogen-bond acceptors (Lipinski definition) is 3. The maximum Gasteiger partial charge on any atom is 0.243 e. The van der Waals surface area contributed by atoms with Crippen molar-refractivity contribution in [2.24, 2.45) is 11.0 Å². The zero-order chi connectivity index (χ0) is 17.9. The number of carbonyl (C=O) groups excluding carboxylic acids is 1. The van der Waals surface area contributed by atoms with Crippen LogP contribution >= 0.6 is 0 Å². The number of rotatable bonds is 5. The van der Waals surface area contributed by atoms with Crippen LogP contribution in [0.3, 0.4) is 0 Å². The third kappa shape index (κ3) is 3.42. The van der Waals surface area contributed by atoms with Gasteiger partial charge in [-0.2, -0.15) is 5.10 Å². The maximum absolute atomic E-state index is 13.8. The zero-order valence-electron chi connectivity index (χ0n) is 13.9. The molecule has 1 heterocycles. The van der Waals surface area contributed by atoms with E-state index in [1.807, 2.05) is 30.3 Å². The highest BCUT2D eigenvalue weighted by Crippen LogP contribution is 2.47. The van der Waals surface area contributed by atoms with Gasteiger partial charge >= 0.3 is 0 Å². The van der Waals surface area contributed by atoms with Crippen molar-refractivity contribution >= 4 is 12.1 Å². The lowest BCUT2D eigenvalue weighted by atomic mass is 10.1. The Balaban J connectivity index is 1.35. The fourth-order valence-corrected chi connectivity index (χ4v) is 3.02. The largest absolute Gasteiger partial charge is 0.455 e. The minimum atomic E-state index is -0.348. The molecule has 0 bridgehead atoms. The van der Waals surface area contributed by atoms with Gasteiger partial charge < -0.3 is 4.42 Å². The van der Waals surface area contributed by atoms with Crippen LogP contribution in [0.4, 0.5) is 4.39 Å². The van der Waals surface area contributed by atoms with Gasteiger partial charge in [-0.3, -0.25) is 4.79 Å². The Bertz CT molecular complexity index is 949. The van der Waals surface area contributed by atoms with Crippen LogP contribution in [-0.4, -0.2) is 12.1 Å². The Morgan fingerprint density at radius 1 is 1.08 bits per heavy atom. The molecule has 130 valence electrons. The van der Waals surface area contributed by atoms with Crippen molar-refractivity contribution in [1.82, 2.24) is 5.43 Å². The highest BCUT2D eigenvalue weighted by Gasteiger charge is 2.43. The Hall–Kier alpha value is -3.21. The summed E-state index contributed by atoms with van der Waals surface area (Å²) in [7, 11) is 0. The lowest BCUT2D eigenvalue weighted by Gasteiger charge is -1.99. The Morgan fingerprint density at radius 3 is 2.65 bits per heavy atom. The summed E-state index contributed by atoms with van der Waals surface area (Å²) in [6.45, 7) is 0.